The van der Waals surface area contributed by atoms with Gasteiger partial charge in [0.25, 0.3) is 5.91 Å². The molecule has 0 aliphatic carbocycles. The number of amides is 1. The molecule has 2 aromatic rings. The first-order valence-electron chi connectivity index (χ1n) is 6.55. The van der Waals surface area contributed by atoms with E-state index in [1.165, 1.54) is 11.3 Å². The van der Waals surface area contributed by atoms with Crippen molar-refractivity contribution >= 4 is 17.2 Å². The number of aliphatic hydroxyl groups is 1. The van der Waals surface area contributed by atoms with Crippen LogP contribution in [0.5, 0.6) is 0 Å². The summed E-state index contributed by atoms with van der Waals surface area (Å²) < 4.78 is 5.39. The summed E-state index contributed by atoms with van der Waals surface area (Å²) in [5.41, 5.74) is 1.88. The lowest BCUT2D eigenvalue weighted by Gasteiger charge is -2.10. The van der Waals surface area contributed by atoms with Gasteiger partial charge in [0.1, 0.15) is 11.5 Å². The zero-order valence-corrected chi connectivity index (χ0v) is 12.7. The minimum atomic E-state index is -0.613. The quantitative estimate of drug-likeness (QED) is 0.890. The van der Waals surface area contributed by atoms with Gasteiger partial charge in [-0.15, -0.1) is 11.3 Å². The fourth-order valence-electron chi connectivity index (χ4n) is 2.10. The Labute approximate surface area is 122 Å². The minimum Gasteiger partial charge on any atom is -0.466 e. The van der Waals surface area contributed by atoms with E-state index in [4.69, 9.17) is 4.42 Å². The monoisotopic (exact) mass is 293 g/mol. The predicted octanol–water partition coefficient (Wildman–Crippen LogP) is 3.12. The number of nitrogens with one attached hydrogen (secondary N) is 1. The normalized spacial score (nSPS) is 12.4. The van der Waals surface area contributed by atoms with Gasteiger partial charge in [-0.25, -0.2) is 0 Å². The smallest absolute Gasteiger partial charge is 0.261 e. The molecule has 0 radical (unpaired) electrons. The van der Waals surface area contributed by atoms with Crippen LogP contribution in [0.2, 0.25) is 0 Å². The maximum absolute atomic E-state index is 11.8. The Bertz CT molecular complexity index is 600. The summed E-state index contributed by atoms with van der Waals surface area (Å²) in [7, 11) is 0. The third kappa shape index (κ3) is 3.49. The van der Waals surface area contributed by atoms with Crippen molar-refractivity contribution in [2.75, 3.05) is 6.54 Å². The van der Waals surface area contributed by atoms with Gasteiger partial charge in [-0.2, -0.15) is 0 Å². The highest BCUT2D eigenvalue weighted by Crippen LogP contribution is 2.23. The van der Waals surface area contributed by atoms with Crippen LogP contribution in [0.4, 0.5) is 0 Å². The number of aliphatic hydroxyl groups excluding tert-OH is 1. The number of aryl methyl sites for hydroxylation is 3. The lowest BCUT2D eigenvalue weighted by molar-refractivity contribution is 0.0946. The first-order chi connectivity index (χ1) is 9.47. The Balaban J connectivity index is 1.84. The van der Waals surface area contributed by atoms with Crippen molar-refractivity contribution in [3.05, 3.63) is 45.0 Å². The van der Waals surface area contributed by atoms with Crippen LogP contribution in [0.15, 0.2) is 21.9 Å². The molecule has 2 rings (SSSR count). The highest BCUT2D eigenvalue weighted by Gasteiger charge is 2.15. The van der Waals surface area contributed by atoms with Crippen LogP contribution >= 0.6 is 11.3 Å². The van der Waals surface area contributed by atoms with Crippen LogP contribution in [-0.2, 0) is 0 Å². The summed E-state index contributed by atoms with van der Waals surface area (Å²) in [6, 6.07) is 3.70. The average molecular weight is 293 g/mol. The molecule has 0 aliphatic heterocycles. The molecule has 108 valence electrons. The zero-order chi connectivity index (χ0) is 14.7. The van der Waals surface area contributed by atoms with Crippen molar-refractivity contribution < 1.29 is 14.3 Å². The molecule has 0 aromatic carbocycles. The van der Waals surface area contributed by atoms with Crippen molar-refractivity contribution in [2.45, 2.75) is 33.3 Å². The number of hydrogen-bond acceptors (Lipinski definition) is 4. The third-order valence-electron chi connectivity index (χ3n) is 3.10. The standard InChI is InChI=1S/C15H19NO3S/c1-9-6-14(20-8-9)15(18)16-5-4-13(17)12-7-10(2)19-11(12)3/h6-8,13,17H,4-5H2,1-3H3,(H,16,18)/t13-/m1/s1. The maximum atomic E-state index is 11.8. The van der Waals surface area contributed by atoms with Gasteiger partial charge in [-0.1, -0.05) is 0 Å². The molecule has 0 spiro atoms. The van der Waals surface area contributed by atoms with Crippen LogP contribution in [-0.4, -0.2) is 17.6 Å². The first kappa shape index (κ1) is 14.8. The van der Waals surface area contributed by atoms with Crippen LogP contribution in [0.1, 0.15) is 44.8 Å². The number of hydrogen-bond donors (Lipinski definition) is 2. The summed E-state index contributed by atoms with van der Waals surface area (Å²) in [5, 5.41) is 14.9. The third-order valence-corrected chi connectivity index (χ3v) is 4.14. The van der Waals surface area contributed by atoms with E-state index in [0.29, 0.717) is 17.8 Å². The lowest BCUT2D eigenvalue weighted by Crippen LogP contribution is -2.24. The molecule has 5 heteroatoms. The van der Waals surface area contributed by atoms with Gasteiger partial charge >= 0.3 is 0 Å². The molecule has 0 unspecified atom stereocenters. The number of carbonyl (C=O) groups excluding carboxylic acids is 1. The Hall–Kier alpha value is -1.59. The minimum absolute atomic E-state index is 0.0876. The van der Waals surface area contributed by atoms with Crippen molar-refractivity contribution in [2.24, 2.45) is 0 Å². The van der Waals surface area contributed by atoms with E-state index in [1.54, 1.807) is 0 Å². The van der Waals surface area contributed by atoms with Crippen molar-refractivity contribution in [1.82, 2.24) is 5.32 Å². The van der Waals surface area contributed by atoms with Crippen molar-refractivity contribution in [1.29, 1.82) is 0 Å². The Morgan fingerprint density at radius 1 is 1.40 bits per heavy atom. The van der Waals surface area contributed by atoms with Gasteiger partial charge in [0.2, 0.25) is 0 Å². The van der Waals surface area contributed by atoms with Gasteiger partial charge < -0.3 is 14.8 Å². The molecule has 1 amide bonds. The molecular formula is C15H19NO3S. The number of rotatable bonds is 5. The molecule has 2 heterocycles. The second-order valence-corrected chi connectivity index (χ2v) is 5.83. The van der Waals surface area contributed by atoms with Crippen molar-refractivity contribution in [3.8, 4) is 0 Å². The average Bonchev–Trinajstić information content (AvgIpc) is 2.95. The molecule has 0 saturated heterocycles. The van der Waals surface area contributed by atoms with E-state index in [9.17, 15) is 9.90 Å². The largest absolute Gasteiger partial charge is 0.466 e. The maximum Gasteiger partial charge on any atom is 0.261 e. The first-order valence-corrected chi connectivity index (χ1v) is 7.43. The van der Waals surface area contributed by atoms with Gasteiger partial charge in [-0.3, -0.25) is 4.79 Å². The van der Waals surface area contributed by atoms with E-state index in [2.05, 4.69) is 5.32 Å². The van der Waals surface area contributed by atoms with Gasteiger partial charge in [0.05, 0.1) is 11.0 Å². The molecule has 4 nitrogen and oxygen atoms in total. The molecule has 0 bridgehead atoms. The number of thiophene rings is 1. The molecule has 0 saturated carbocycles. The fraction of sp³-hybridized carbons (Fsp3) is 0.400. The van der Waals surface area contributed by atoms with Crippen LogP contribution in [0, 0.1) is 20.8 Å². The summed E-state index contributed by atoms with van der Waals surface area (Å²) in [4.78, 5) is 12.5. The molecule has 1 atom stereocenters. The van der Waals surface area contributed by atoms with E-state index in [-0.39, 0.29) is 5.91 Å². The molecule has 2 N–H and O–H groups in total. The molecular weight excluding hydrogens is 274 g/mol. The number of carbonyl (C=O) groups is 1. The lowest BCUT2D eigenvalue weighted by atomic mass is 10.1. The second-order valence-electron chi connectivity index (χ2n) is 4.92. The highest BCUT2D eigenvalue weighted by molar-refractivity contribution is 7.12. The van der Waals surface area contributed by atoms with Gasteiger partial charge in [-0.05, 0) is 50.3 Å². The van der Waals surface area contributed by atoms with Gasteiger partial charge in [0, 0.05) is 12.1 Å². The SMILES string of the molecule is Cc1csc(C(=O)NCC[C@@H](O)c2cc(C)oc2C)c1. The van der Waals surface area contributed by atoms with E-state index < -0.39 is 6.10 Å². The molecule has 20 heavy (non-hydrogen) atoms. The molecule has 0 aliphatic rings. The highest BCUT2D eigenvalue weighted by atomic mass is 32.1. The summed E-state index contributed by atoms with van der Waals surface area (Å²) in [6.45, 7) is 6.07. The second kappa shape index (κ2) is 6.24. The Morgan fingerprint density at radius 2 is 2.15 bits per heavy atom. The summed E-state index contributed by atoms with van der Waals surface area (Å²) in [5.74, 6) is 1.43. The van der Waals surface area contributed by atoms with E-state index in [0.717, 1.165) is 22.6 Å². The predicted molar refractivity (Wildman–Crippen MR) is 79.1 cm³/mol. The Kier molecular flexibility index (Phi) is 4.62. The van der Waals surface area contributed by atoms with E-state index >= 15 is 0 Å². The van der Waals surface area contributed by atoms with Crippen LogP contribution in [0.25, 0.3) is 0 Å². The van der Waals surface area contributed by atoms with Crippen molar-refractivity contribution in [3.63, 3.8) is 0 Å². The van der Waals surface area contributed by atoms with Gasteiger partial charge in [0.15, 0.2) is 0 Å². The zero-order valence-electron chi connectivity index (χ0n) is 11.9. The molecule has 2 aromatic heterocycles. The Morgan fingerprint density at radius 3 is 2.70 bits per heavy atom. The topological polar surface area (TPSA) is 62.5 Å². The fourth-order valence-corrected chi connectivity index (χ4v) is 2.91. The van der Waals surface area contributed by atoms with Crippen LogP contribution in [0.3, 0.4) is 0 Å². The summed E-state index contributed by atoms with van der Waals surface area (Å²) in [6.07, 6.45) is -0.145. The van der Waals surface area contributed by atoms with Crippen LogP contribution < -0.4 is 5.32 Å². The summed E-state index contributed by atoms with van der Waals surface area (Å²) >= 11 is 1.43. The van der Waals surface area contributed by atoms with E-state index in [1.807, 2.05) is 38.3 Å². The number of furan rings is 1. The molecule has 0 fully saturated rings.